The Morgan fingerprint density at radius 2 is 1.88 bits per heavy atom. The highest BCUT2D eigenvalue weighted by atomic mass is 16.5. The number of ether oxygens (including phenoxy) is 3. The van der Waals surface area contributed by atoms with Crippen LogP contribution in [0, 0.1) is 5.41 Å². The molecule has 272 valence electrons. The molecule has 2 unspecified atom stereocenters. The first-order chi connectivity index (χ1) is 25.5. The number of methoxy groups -OCH3 is 1. The number of rotatable bonds is 8. The molecule has 2 aromatic carbocycles. The van der Waals surface area contributed by atoms with Crippen molar-refractivity contribution in [1.29, 1.82) is 0 Å². The summed E-state index contributed by atoms with van der Waals surface area (Å²) in [6, 6.07) is 15.2. The van der Waals surface area contributed by atoms with Gasteiger partial charge >= 0.3 is 0 Å². The number of piperidine rings is 1. The molecular formula is C39H47N9O4. The van der Waals surface area contributed by atoms with Gasteiger partial charge in [-0.25, -0.2) is 14.6 Å². The molecule has 13 nitrogen and oxygen atoms in total. The number of fused-ring (bicyclic) bond motifs is 2. The van der Waals surface area contributed by atoms with Gasteiger partial charge in [0.25, 0.3) is 0 Å². The van der Waals surface area contributed by atoms with Crippen LogP contribution in [0.5, 0.6) is 5.75 Å². The number of nitrogens with zero attached hydrogens (tertiary/aromatic N) is 8. The topological polar surface area (TPSA) is 129 Å². The molecule has 4 atom stereocenters. The van der Waals surface area contributed by atoms with E-state index < -0.39 is 0 Å². The lowest BCUT2D eigenvalue weighted by atomic mass is 9.74. The maximum atomic E-state index is 6.30. The monoisotopic (exact) mass is 705 g/mol. The number of hydrogen-bond donors (Lipinski definition) is 1. The van der Waals surface area contributed by atoms with Crippen LogP contribution in [0.25, 0.3) is 22.6 Å². The lowest BCUT2D eigenvalue weighted by molar-refractivity contribution is -0.0368. The number of benzene rings is 2. The van der Waals surface area contributed by atoms with Crippen molar-refractivity contribution in [2.45, 2.75) is 76.6 Å². The summed E-state index contributed by atoms with van der Waals surface area (Å²) in [5, 5.41) is 13.2. The van der Waals surface area contributed by atoms with E-state index in [0.717, 1.165) is 118 Å². The average molecular weight is 706 g/mol. The molecule has 52 heavy (non-hydrogen) atoms. The van der Waals surface area contributed by atoms with Crippen LogP contribution in [0.2, 0.25) is 0 Å². The Balaban J connectivity index is 0.983. The molecule has 0 radical (unpaired) electrons. The predicted octanol–water partition coefficient (Wildman–Crippen LogP) is 6.57. The van der Waals surface area contributed by atoms with E-state index in [1.807, 2.05) is 23.0 Å². The number of aromatic nitrogens is 6. The van der Waals surface area contributed by atoms with Gasteiger partial charge in [-0.15, -0.1) is 5.10 Å². The minimum Gasteiger partial charge on any atom is -0.497 e. The van der Waals surface area contributed by atoms with E-state index in [9.17, 15) is 0 Å². The van der Waals surface area contributed by atoms with Gasteiger partial charge in [0, 0.05) is 55.0 Å². The normalized spacial score (nSPS) is 23.6. The third-order valence-corrected chi connectivity index (χ3v) is 11.9. The van der Waals surface area contributed by atoms with Gasteiger partial charge in [0.05, 0.1) is 26.5 Å². The van der Waals surface area contributed by atoms with E-state index in [0.29, 0.717) is 11.7 Å². The van der Waals surface area contributed by atoms with Crippen LogP contribution in [0.4, 0.5) is 17.3 Å². The summed E-state index contributed by atoms with van der Waals surface area (Å²) < 4.78 is 24.9. The SMILES string of the molecule is COc1ccc([C@@H](C)NC2COCC23CCN(c2cnc4c(N5CC[C@H](C)c6cc(-c7ncon7)ccc65)nn(C5CCCCO5)c4n2)CC3)cc1. The molecule has 4 aliphatic heterocycles. The van der Waals surface area contributed by atoms with Gasteiger partial charge in [0.1, 0.15) is 11.6 Å². The van der Waals surface area contributed by atoms with Crippen molar-refractivity contribution in [2.75, 3.05) is 56.4 Å². The Hall–Kier alpha value is -4.59. The van der Waals surface area contributed by atoms with Crippen LogP contribution in [0.1, 0.15) is 81.7 Å². The molecule has 5 aromatic rings. The van der Waals surface area contributed by atoms with E-state index in [2.05, 4.69) is 69.4 Å². The van der Waals surface area contributed by atoms with Crippen molar-refractivity contribution in [3.63, 3.8) is 0 Å². The van der Waals surface area contributed by atoms with Gasteiger partial charge in [-0.2, -0.15) is 4.98 Å². The van der Waals surface area contributed by atoms with Crippen molar-refractivity contribution < 1.29 is 18.7 Å². The van der Waals surface area contributed by atoms with E-state index in [1.165, 1.54) is 17.5 Å². The summed E-state index contributed by atoms with van der Waals surface area (Å²) in [6.45, 7) is 9.35. The van der Waals surface area contributed by atoms with Gasteiger partial charge in [0.2, 0.25) is 12.2 Å². The largest absolute Gasteiger partial charge is 0.497 e. The molecule has 3 saturated heterocycles. The first-order valence-corrected chi connectivity index (χ1v) is 18.8. The molecular weight excluding hydrogens is 658 g/mol. The minimum absolute atomic E-state index is 0.0854. The van der Waals surface area contributed by atoms with Crippen molar-refractivity contribution in [3.05, 3.63) is 66.2 Å². The highest BCUT2D eigenvalue weighted by Gasteiger charge is 2.46. The zero-order valence-corrected chi connectivity index (χ0v) is 30.2. The second-order valence-electron chi connectivity index (χ2n) is 14.9. The average Bonchev–Trinajstić information content (AvgIpc) is 3.96. The van der Waals surface area contributed by atoms with Gasteiger partial charge in [-0.1, -0.05) is 24.2 Å². The van der Waals surface area contributed by atoms with Gasteiger partial charge in [0.15, 0.2) is 23.2 Å². The van der Waals surface area contributed by atoms with Crippen LogP contribution >= 0.6 is 0 Å². The fourth-order valence-corrected chi connectivity index (χ4v) is 8.63. The van der Waals surface area contributed by atoms with Crippen LogP contribution in [-0.4, -0.2) is 82.5 Å². The van der Waals surface area contributed by atoms with E-state index in [4.69, 9.17) is 33.8 Å². The second-order valence-corrected chi connectivity index (χ2v) is 14.9. The molecule has 0 saturated carbocycles. The lowest BCUT2D eigenvalue weighted by Gasteiger charge is -2.43. The molecule has 7 heterocycles. The molecule has 13 heteroatoms. The Morgan fingerprint density at radius 1 is 1.02 bits per heavy atom. The van der Waals surface area contributed by atoms with E-state index >= 15 is 0 Å². The molecule has 0 amide bonds. The Bertz CT molecular complexity index is 2000. The summed E-state index contributed by atoms with van der Waals surface area (Å²) in [6.07, 6.45) is 9.22. The van der Waals surface area contributed by atoms with Gasteiger partial charge < -0.3 is 33.9 Å². The van der Waals surface area contributed by atoms with Crippen molar-refractivity contribution >= 4 is 28.5 Å². The van der Waals surface area contributed by atoms with Gasteiger partial charge in [-0.3, -0.25) is 0 Å². The highest BCUT2D eigenvalue weighted by molar-refractivity contribution is 5.89. The molecule has 3 aromatic heterocycles. The molecule has 1 N–H and O–H groups in total. The Kier molecular flexibility index (Phi) is 8.80. The first kappa shape index (κ1) is 33.3. The third kappa shape index (κ3) is 5.98. The number of hydrogen-bond acceptors (Lipinski definition) is 12. The van der Waals surface area contributed by atoms with Gasteiger partial charge in [-0.05, 0) is 92.8 Å². The van der Waals surface area contributed by atoms with E-state index in [-0.39, 0.29) is 23.7 Å². The van der Waals surface area contributed by atoms with E-state index in [1.54, 1.807) is 7.11 Å². The summed E-state index contributed by atoms with van der Waals surface area (Å²) in [4.78, 5) is 19.4. The smallest absolute Gasteiger partial charge is 0.214 e. The van der Waals surface area contributed by atoms with Crippen LogP contribution in [-0.2, 0) is 9.47 Å². The molecule has 4 aliphatic rings. The van der Waals surface area contributed by atoms with Crippen molar-refractivity contribution in [1.82, 2.24) is 35.2 Å². The second kappa shape index (κ2) is 13.8. The maximum Gasteiger partial charge on any atom is 0.214 e. The predicted molar refractivity (Wildman–Crippen MR) is 197 cm³/mol. The molecule has 1 spiro atoms. The fraction of sp³-hybridized carbons (Fsp3) is 0.513. The molecule has 0 aliphatic carbocycles. The first-order valence-electron chi connectivity index (χ1n) is 18.8. The Labute approximate surface area is 303 Å². The molecule has 0 bridgehead atoms. The fourth-order valence-electron chi connectivity index (χ4n) is 8.63. The summed E-state index contributed by atoms with van der Waals surface area (Å²) in [5.74, 6) is 3.55. The van der Waals surface area contributed by atoms with Crippen molar-refractivity contribution in [2.24, 2.45) is 5.41 Å². The number of anilines is 3. The summed E-state index contributed by atoms with van der Waals surface area (Å²) >= 11 is 0. The minimum atomic E-state index is -0.168. The van der Waals surface area contributed by atoms with Crippen LogP contribution in [0.3, 0.4) is 0 Å². The number of nitrogens with one attached hydrogen (secondary N) is 1. The summed E-state index contributed by atoms with van der Waals surface area (Å²) in [7, 11) is 1.70. The standard InChI is InChI=1S/C39H47N9O4/c1-25-13-16-47(31-12-9-28(20-30(25)31)36-41-24-52-45-36)38-35-37(48(44-38)34-6-4-5-19-51-34)43-33(21-40-35)46-17-14-39(15-18-46)23-50-22-32(39)42-26(2)27-7-10-29(49-3)11-8-27/h7-12,20-21,24-26,32,34,42H,4-6,13-19,22-23H2,1-3H3/t25-,26+,32?,34?/m0/s1. The highest BCUT2D eigenvalue weighted by Crippen LogP contribution is 2.44. The zero-order chi connectivity index (χ0) is 35.2. The van der Waals surface area contributed by atoms with Crippen LogP contribution < -0.4 is 19.9 Å². The van der Waals surface area contributed by atoms with Crippen molar-refractivity contribution in [3.8, 4) is 17.1 Å². The Morgan fingerprint density at radius 3 is 2.65 bits per heavy atom. The summed E-state index contributed by atoms with van der Waals surface area (Å²) in [5.41, 5.74) is 6.21. The molecule has 3 fully saturated rings. The molecule has 9 rings (SSSR count). The maximum absolute atomic E-state index is 6.30. The lowest BCUT2D eigenvalue weighted by Crippen LogP contribution is -2.51. The quantitative estimate of drug-likeness (QED) is 0.188. The third-order valence-electron chi connectivity index (χ3n) is 11.9. The van der Waals surface area contributed by atoms with Crippen LogP contribution in [0.15, 0.2) is 59.6 Å². The zero-order valence-electron chi connectivity index (χ0n) is 30.2.